The molecule has 0 atom stereocenters. The summed E-state index contributed by atoms with van der Waals surface area (Å²) in [4.78, 5) is 3.81. The van der Waals surface area contributed by atoms with Gasteiger partial charge in [-0.05, 0) is 0 Å². The molecular weight excluding hydrogens is 100 g/mol. The van der Waals surface area contributed by atoms with Crippen LogP contribution in [-0.4, -0.2) is 9.55 Å². The van der Waals surface area contributed by atoms with Gasteiger partial charge in [0, 0.05) is 12.4 Å². The van der Waals surface area contributed by atoms with Gasteiger partial charge in [-0.2, -0.15) is 0 Å². The molecule has 0 amide bonds. The second-order valence-electron chi connectivity index (χ2n) is 1.44. The molecule has 2 nitrogen and oxygen atoms in total. The van der Waals surface area contributed by atoms with E-state index in [0.717, 1.165) is 0 Å². The van der Waals surface area contributed by atoms with E-state index in [0.29, 0.717) is 6.54 Å². The maximum atomic E-state index is 5.02. The fourth-order valence-electron chi connectivity index (χ4n) is 0.486. The highest BCUT2D eigenvalue weighted by Gasteiger charge is 1.79. The topological polar surface area (TPSA) is 17.8 Å². The summed E-state index contributed by atoms with van der Waals surface area (Å²) in [6, 6.07) is 0. The van der Waals surface area contributed by atoms with Gasteiger partial charge >= 0.3 is 0 Å². The molecule has 0 aliphatic carbocycles. The van der Waals surface area contributed by atoms with E-state index < -0.39 is 0 Å². The molecule has 0 N–H and O–H groups in total. The lowest BCUT2D eigenvalue weighted by Crippen LogP contribution is -1.88. The lowest BCUT2D eigenvalue weighted by atomic mass is 10.6. The molecule has 0 radical (unpaired) electrons. The summed E-state index contributed by atoms with van der Waals surface area (Å²) in [5.41, 5.74) is 0. The molecule has 0 saturated carbocycles. The SMILES string of the molecule is C#CCn1ccnc1. The van der Waals surface area contributed by atoms with Gasteiger partial charge in [0.05, 0.1) is 12.9 Å². The van der Waals surface area contributed by atoms with Crippen molar-refractivity contribution in [1.82, 2.24) is 9.55 Å². The molecule has 8 heavy (non-hydrogen) atoms. The number of imidazole rings is 1. The first-order valence-corrected chi connectivity index (χ1v) is 2.32. The molecule has 0 saturated heterocycles. The van der Waals surface area contributed by atoms with Gasteiger partial charge in [-0.3, -0.25) is 0 Å². The number of nitrogens with zero attached hydrogens (tertiary/aromatic N) is 2. The minimum atomic E-state index is 0.611. The Morgan fingerprint density at radius 1 is 1.75 bits per heavy atom. The first kappa shape index (κ1) is 4.92. The summed E-state index contributed by atoms with van der Waals surface area (Å²) >= 11 is 0. The van der Waals surface area contributed by atoms with Crippen LogP contribution in [0.1, 0.15) is 0 Å². The zero-order valence-corrected chi connectivity index (χ0v) is 4.41. The normalized spacial score (nSPS) is 8.38. The van der Waals surface area contributed by atoms with Crippen molar-refractivity contribution in [2.45, 2.75) is 6.54 Å². The van der Waals surface area contributed by atoms with Gasteiger partial charge < -0.3 is 4.57 Å². The average Bonchev–Trinajstić information content (AvgIpc) is 2.19. The van der Waals surface area contributed by atoms with E-state index in [2.05, 4.69) is 10.9 Å². The third kappa shape index (κ3) is 0.881. The Kier molecular flexibility index (Phi) is 1.34. The number of terminal acetylenes is 1. The van der Waals surface area contributed by atoms with Gasteiger partial charge in [0.1, 0.15) is 0 Å². The summed E-state index contributed by atoms with van der Waals surface area (Å²) in [6.45, 7) is 0.611. The third-order valence-electron chi connectivity index (χ3n) is 0.833. The second-order valence-corrected chi connectivity index (χ2v) is 1.44. The minimum Gasteiger partial charge on any atom is -0.326 e. The first-order chi connectivity index (χ1) is 3.93. The molecule has 0 unspecified atom stereocenters. The predicted molar refractivity (Wildman–Crippen MR) is 31.1 cm³/mol. The Labute approximate surface area is 48.2 Å². The zero-order chi connectivity index (χ0) is 5.82. The lowest BCUT2D eigenvalue weighted by Gasteiger charge is -1.87. The largest absolute Gasteiger partial charge is 0.326 e. The maximum Gasteiger partial charge on any atom is 0.0954 e. The molecule has 40 valence electrons. The van der Waals surface area contributed by atoms with Crippen molar-refractivity contribution in [3.05, 3.63) is 18.7 Å². The number of aromatic nitrogens is 2. The Balaban J connectivity index is 2.67. The van der Waals surface area contributed by atoms with E-state index in [1.165, 1.54) is 0 Å². The molecule has 0 bridgehead atoms. The molecule has 0 spiro atoms. The van der Waals surface area contributed by atoms with Gasteiger partial charge in [0.25, 0.3) is 0 Å². The number of rotatable bonds is 1. The highest BCUT2D eigenvalue weighted by Crippen LogP contribution is 1.81. The minimum absolute atomic E-state index is 0.611. The van der Waals surface area contributed by atoms with Crippen LogP contribution in [0.3, 0.4) is 0 Å². The molecule has 1 aromatic rings. The molecule has 0 fully saturated rings. The van der Waals surface area contributed by atoms with Crippen LogP contribution in [0.15, 0.2) is 18.7 Å². The Morgan fingerprint density at radius 2 is 2.62 bits per heavy atom. The Morgan fingerprint density at radius 3 is 3.12 bits per heavy atom. The number of hydrogen-bond acceptors (Lipinski definition) is 1. The van der Waals surface area contributed by atoms with E-state index >= 15 is 0 Å². The van der Waals surface area contributed by atoms with Crippen LogP contribution in [0.4, 0.5) is 0 Å². The average molecular weight is 106 g/mol. The fraction of sp³-hybridized carbons (Fsp3) is 0.167. The predicted octanol–water partition coefficient (Wildman–Crippen LogP) is 0.516. The van der Waals surface area contributed by atoms with Crippen molar-refractivity contribution in [1.29, 1.82) is 0 Å². The van der Waals surface area contributed by atoms with Crippen LogP contribution in [0.2, 0.25) is 0 Å². The van der Waals surface area contributed by atoms with E-state index in [1.807, 2.05) is 10.8 Å². The summed E-state index contributed by atoms with van der Waals surface area (Å²) in [5.74, 6) is 2.49. The van der Waals surface area contributed by atoms with Crippen molar-refractivity contribution in [3.8, 4) is 12.3 Å². The van der Waals surface area contributed by atoms with Crippen molar-refractivity contribution < 1.29 is 0 Å². The van der Waals surface area contributed by atoms with Gasteiger partial charge in [0.2, 0.25) is 0 Å². The molecular formula is C6H6N2. The zero-order valence-electron chi connectivity index (χ0n) is 4.41. The van der Waals surface area contributed by atoms with Gasteiger partial charge in [-0.1, -0.05) is 5.92 Å². The fourth-order valence-corrected chi connectivity index (χ4v) is 0.486. The van der Waals surface area contributed by atoms with Crippen LogP contribution in [0.5, 0.6) is 0 Å². The van der Waals surface area contributed by atoms with Gasteiger partial charge in [-0.25, -0.2) is 4.98 Å². The smallest absolute Gasteiger partial charge is 0.0954 e. The molecule has 1 aromatic heterocycles. The van der Waals surface area contributed by atoms with Crippen molar-refractivity contribution in [2.75, 3.05) is 0 Å². The monoisotopic (exact) mass is 106 g/mol. The van der Waals surface area contributed by atoms with Crippen LogP contribution in [0.25, 0.3) is 0 Å². The highest BCUT2D eigenvalue weighted by molar-refractivity contribution is 4.87. The molecule has 1 rings (SSSR count). The summed E-state index contributed by atoms with van der Waals surface area (Å²) in [6.07, 6.45) is 10.3. The van der Waals surface area contributed by atoms with Crippen molar-refractivity contribution >= 4 is 0 Å². The van der Waals surface area contributed by atoms with E-state index in [1.54, 1.807) is 12.5 Å². The second kappa shape index (κ2) is 2.17. The molecule has 1 heterocycles. The van der Waals surface area contributed by atoms with Crippen LogP contribution < -0.4 is 0 Å². The van der Waals surface area contributed by atoms with E-state index in [-0.39, 0.29) is 0 Å². The quantitative estimate of drug-likeness (QED) is 0.477. The Bertz CT molecular complexity index is 181. The lowest BCUT2D eigenvalue weighted by molar-refractivity contribution is 0.840. The molecule has 0 aromatic carbocycles. The highest BCUT2D eigenvalue weighted by atomic mass is 15.0. The summed E-state index contributed by atoms with van der Waals surface area (Å²) in [5, 5.41) is 0. The Hall–Kier alpha value is -1.23. The molecule has 0 aliphatic heterocycles. The summed E-state index contributed by atoms with van der Waals surface area (Å²) in [7, 11) is 0. The van der Waals surface area contributed by atoms with E-state index in [9.17, 15) is 0 Å². The number of hydrogen-bond donors (Lipinski definition) is 0. The van der Waals surface area contributed by atoms with Crippen LogP contribution in [-0.2, 0) is 6.54 Å². The summed E-state index contributed by atoms with van der Waals surface area (Å²) < 4.78 is 1.83. The van der Waals surface area contributed by atoms with Crippen LogP contribution in [0, 0.1) is 12.3 Å². The van der Waals surface area contributed by atoms with Crippen molar-refractivity contribution in [2.24, 2.45) is 0 Å². The van der Waals surface area contributed by atoms with Crippen LogP contribution >= 0.6 is 0 Å². The maximum absolute atomic E-state index is 5.02. The third-order valence-corrected chi connectivity index (χ3v) is 0.833. The van der Waals surface area contributed by atoms with Crippen molar-refractivity contribution in [3.63, 3.8) is 0 Å². The molecule has 2 heteroatoms. The van der Waals surface area contributed by atoms with E-state index in [4.69, 9.17) is 6.42 Å². The standard InChI is InChI=1S/C6H6N2/c1-2-4-8-5-3-7-6-8/h1,3,5-6H,4H2. The van der Waals surface area contributed by atoms with Gasteiger partial charge in [0.15, 0.2) is 0 Å². The first-order valence-electron chi connectivity index (χ1n) is 2.32. The van der Waals surface area contributed by atoms with Gasteiger partial charge in [-0.15, -0.1) is 6.42 Å². The molecule has 0 aliphatic rings.